The molecule has 0 aliphatic carbocycles. The molecular weight excluding hydrogens is 389 g/mol. The van der Waals surface area contributed by atoms with E-state index in [0.717, 1.165) is 14.8 Å². The third-order valence-electron chi connectivity index (χ3n) is 2.94. The highest BCUT2D eigenvalue weighted by Crippen LogP contribution is 2.28. The van der Waals surface area contributed by atoms with Crippen molar-refractivity contribution in [2.24, 2.45) is 0 Å². The standard InChI is InChI=1S/C11H11ClINO3S/c1-7-4-8(2-3-10(7)13)14-6-9(5-11(14)15)18(12,16)17/h2-4,9H,5-6H2,1H3. The molecule has 0 spiro atoms. The largest absolute Gasteiger partial charge is 0.311 e. The first-order chi connectivity index (χ1) is 8.29. The van der Waals surface area contributed by atoms with Gasteiger partial charge in [0.25, 0.3) is 0 Å². The molecule has 0 aromatic heterocycles. The Kier molecular flexibility index (Phi) is 3.89. The van der Waals surface area contributed by atoms with Gasteiger partial charge in [0.15, 0.2) is 0 Å². The van der Waals surface area contributed by atoms with Gasteiger partial charge in [0.1, 0.15) is 5.25 Å². The molecule has 1 amide bonds. The molecule has 2 rings (SSSR count). The Morgan fingerprint density at radius 3 is 2.61 bits per heavy atom. The van der Waals surface area contributed by atoms with Gasteiger partial charge in [-0.3, -0.25) is 4.79 Å². The zero-order valence-electron chi connectivity index (χ0n) is 9.56. The summed E-state index contributed by atoms with van der Waals surface area (Å²) < 4.78 is 23.6. The van der Waals surface area contributed by atoms with Crippen LogP contribution in [0.2, 0.25) is 0 Å². The van der Waals surface area contributed by atoms with Crippen LogP contribution in [0.4, 0.5) is 5.69 Å². The second-order valence-corrected chi connectivity index (χ2v) is 8.31. The minimum Gasteiger partial charge on any atom is -0.311 e. The average molecular weight is 400 g/mol. The Hall–Kier alpha value is -0.340. The van der Waals surface area contributed by atoms with Crippen molar-refractivity contribution in [2.75, 3.05) is 11.4 Å². The highest BCUT2D eigenvalue weighted by atomic mass is 127. The van der Waals surface area contributed by atoms with E-state index in [1.807, 2.05) is 25.1 Å². The first-order valence-electron chi connectivity index (χ1n) is 5.29. The number of rotatable bonds is 2. The summed E-state index contributed by atoms with van der Waals surface area (Å²) in [6.45, 7) is 2.08. The van der Waals surface area contributed by atoms with Crippen molar-refractivity contribution in [1.82, 2.24) is 0 Å². The molecule has 1 aromatic rings. The van der Waals surface area contributed by atoms with Crippen LogP contribution >= 0.6 is 33.3 Å². The van der Waals surface area contributed by atoms with Gasteiger partial charge in [-0.1, -0.05) is 0 Å². The van der Waals surface area contributed by atoms with Crippen molar-refractivity contribution < 1.29 is 13.2 Å². The van der Waals surface area contributed by atoms with Crippen molar-refractivity contribution in [3.05, 3.63) is 27.3 Å². The van der Waals surface area contributed by atoms with Gasteiger partial charge in [-0.25, -0.2) is 8.42 Å². The fourth-order valence-electron chi connectivity index (χ4n) is 1.91. The predicted octanol–water partition coefficient (Wildman–Crippen LogP) is 2.27. The summed E-state index contributed by atoms with van der Waals surface area (Å²) in [5.41, 5.74) is 1.78. The normalized spacial score (nSPS) is 20.5. The number of amides is 1. The van der Waals surface area contributed by atoms with E-state index in [1.54, 1.807) is 0 Å². The minimum atomic E-state index is -3.69. The quantitative estimate of drug-likeness (QED) is 0.566. The molecule has 0 bridgehead atoms. The van der Waals surface area contributed by atoms with E-state index >= 15 is 0 Å². The topological polar surface area (TPSA) is 54.5 Å². The second-order valence-electron chi connectivity index (χ2n) is 4.24. The van der Waals surface area contributed by atoms with E-state index in [4.69, 9.17) is 10.7 Å². The van der Waals surface area contributed by atoms with Gasteiger partial charge >= 0.3 is 0 Å². The van der Waals surface area contributed by atoms with Crippen LogP contribution in [0.1, 0.15) is 12.0 Å². The van der Waals surface area contributed by atoms with Crippen LogP contribution in [0.15, 0.2) is 18.2 Å². The minimum absolute atomic E-state index is 0.0448. The van der Waals surface area contributed by atoms with Gasteiger partial charge in [-0.15, -0.1) is 0 Å². The van der Waals surface area contributed by atoms with Crippen LogP contribution in [-0.4, -0.2) is 26.1 Å². The second kappa shape index (κ2) is 4.97. The van der Waals surface area contributed by atoms with E-state index in [-0.39, 0.29) is 18.9 Å². The Bertz CT molecular complexity index is 602. The molecule has 1 saturated heterocycles. The molecule has 1 aliphatic rings. The average Bonchev–Trinajstić information content (AvgIpc) is 2.64. The number of carbonyl (C=O) groups excluding carboxylic acids is 1. The zero-order valence-corrected chi connectivity index (χ0v) is 13.3. The Morgan fingerprint density at radius 1 is 1.44 bits per heavy atom. The summed E-state index contributed by atoms with van der Waals surface area (Å²) in [4.78, 5) is 13.3. The summed E-state index contributed by atoms with van der Waals surface area (Å²) in [5, 5.41) is -0.814. The molecule has 0 N–H and O–H groups in total. The van der Waals surface area contributed by atoms with Crippen LogP contribution in [0, 0.1) is 10.5 Å². The number of hydrogen-bond donors (Lipinski definition) is 0. The van der Waals surface area contributed by atoms with Crippen molar-refractivity contribution in [1.29, 1.82) is 0 Å². The summed E-state index contributed by atoms with van der Waals surface area (Å²) in [7, 11) is 1.62. The number of carbonyl (C=O) groups is 1. The van der Waals surface area contributed by atoms with E-state index in [1.165, 1.54) is 4.90 Å². The van der Waals surface area contributed by atoms with Crippen molar-refractivity contribution in [2.45, 2.75) is 18.6 Å². The number of anilines is 1. The summed E-state index contributed by atoms with van der Waals surface area (Å²) >= 11 is 2.21. The Balaban J connectivity index is 2.30. The van der Waals surface area contributed by atoms with Crippen LogP contribution < -0.4 is 4.90 Å². The lowest BCUT2D eigenvalue weighted by molar-refractivity contribution is -0.117. The maximum absolute atomic E-state index is 11.8. The number of halogens is 2. The van der Waals surface area contributed by atoms with E-state index in [0.29, 0.717) is 0 Å². The van der Waals surface area contributed by atoms with Crippen molar-refractivity contribution in [3.63, 3.8) is 0 Å². The molecule has 1 unspecified atom stereocenters. The van der Waals surface area contributed by atoms with E-state index in [2.05, 4.69) is 22.6 Å². The summed E-state index contributed by atoms with van der Waals surface area (Å²) in [6.07, 6.45) is -0.0448. The van der Waals surface area contributed by atoms with Gasteiger partial charge in [0.2, 0.25) is 15.0 Å². The monoisotopic (exact) mass is 399 g/mol. The molecule has 18 heavy (non-hydrogen) atoms. The SMILES string of the molecule is Cc1cc(N2CC(S(=O)(=O)Cl)CC2=O)ccc1I. The van der Waals surface area contributed by atoms with E-state index in [9.17, 15) is 13.2 Å². The highest BCUT2D eigenvalue weighted by molar-refractivity contribution is 14.1. The molecule has 1 fully saturated rings. The van der Waals surface area contributed by atoms with Gasteiger partial charge in [0.05, 0.1) is 0 Å². The maximum atomic E-state index is 11.8. The van der Waals surface area contributed by atoms with Gasteiger partial charge in [-0.05, 0) is 53.3 Å². The smallest absolute Gasteiger partial charge is 0.237 e. The lowest BCUT2D eigenvalue weighted by Gasteiger charge is -2.17. The fourth-order valence-corrected chi connectivity index (χ4v) is 3.27. The number of hydrogen-bond acceptors (Lipinski definition) is 3. The number of nitrogens with zero attached hydrogens (tertiary/aromatic N) is 1. The Labute approximate surface area is 124 Å². The molecule has 0 radical (unpaired) electrons. The van der Waals surface area contributed by atoms with Gasteiger partial charge in [-0.2, -0.15) is 0 Å². The summed E-state index contributed by atoms with van der Waals surface area (Å²) in [5.74, 6) is -0.204. The molecule has 1 aromatic carbocycles. The molecule has 1 heterocycles. The zero-order chi connectivity index (χ0) is 13.5. The highest BCUT2D eigenvalue weighted by Gasteiger charge is 2.37. The number of aryl methyl sites for hydroxylation is 1. The van der Waals surface area contributed by atoms with Crippen LogP contribution in [0.25, 0.3) is 0 Å². The predicted molar refractivity (Wildman–Crippen MR) is 79.4 cm³/mol. The van der Waals surface area contributed by atoms with Gasteiger partial charge < -0.3 is 4.90 Å². The summed E-state index contributed by atoms with van der Waals surface area (Å²) in [6, 6.07) is 5.60. The lowest BCUT2D eigenvalue weighted by atomic mass is 10.2. The third kappa shape index (κ3) is 2.80. The molecular formula is C11H11ClINO3S. The first-order valence-corrected chi connectivity index (χ1v) is 8.74. The lowest BCUT2D eigenvalue weighted by Crippen LogP contribution is -2.26. The molecule has 1 atom stereocenters. The maximum Gasteiger partial charge on any atom is 0.237 e. The molecule has 4 nitrogen and oxygen atoms in total. The van der Waals surface area contributed by atoms with Crippen LogP contribution in [0.5, 0.6) is 0 Å². The fraction of sp³-hybridized carbons (Fsp3) is 0.364. The molecule has 0 saturated carbocycles. The third-order valence-corrected chi connectivity index (χ3v) is 6.02. The molecule has 98 valence electrons. The molecule has 7 heteroatoms. The number of benzene rings is 1. The first kappa shape index (κ1) is 14.1. The van der Waals surface area contributed by atoms with Crippen molar-refractivity contribution in [3.8, 4) is 0 Å². The van der Waals surface area contributed by atoms with Crippen LogP contribution in [-0.2, 0) is 13.8 Å². The molecule has 1 aliphatic heterocycles. The van der Waals surface area contributed by atoms with Gasteiger partial charge in [0, 0.05) is 32.9 Å². The van der Waals surface area contributed by atoms with Crippen molar-refractivity contribution >= 4 is 53.9 Å². The van der Waals surface area contributed by atoms with Crippen LogP contribution in [0.3, 0.4) is 0 Å². The van der Waals surface area contributed by atoms with E-state index < -0.39 is 14.3 Å². The Morgan fingerprint density at radius 2 is 2.11 bits per heavy atom.